The third kappa shape index (κ3) is 5.91. The Morgan fingerprint density at radius 3 is 2.45 bits per heavy atom. The molecule has 0 aliphatic carbocycles. The summed E-state index contributed by atoms with van der Waals surface area (Å²) in [6.45, 7) is 6.33. The van der Waals surface area contributed by atoms with Gasteiger partial charge in [-0.1, -0.05) is 63.2 Å². The van der Waals surface area contributed by atoms with Gasteiger partial charge in [-0.25, -0.2) is 10.4 Å². The molecule has 1 heterocycles. The summed E-state index contributed by atoms with van der Waals surface area (Å²) in [5.74, 6) is 0.894. The van der Waals surface area contributed by atoms with E-state index in [2.05, 4.69) is 41.3 Å². The number of aromatic amines is 1. The van der Waals surface area contributed by atoms with Crippen LogP contribution in [-0.4, -0.2) is 21.1 Å². The van der Waals surface area contributed by atoms with E-state index in [4.69, 9.17) is 4.74 Å². The Hall–Kier alpha value is -5.30. The molecule has 0 aliphatic heterocycles. The first-order valence-corrected chi connectivity index (χ1v) is 11.6. The summed E-state index contributed by atoms with van der Waals surface area (Å²) in [5, 5.41) is 24.9. The second-order valence-electron chi connectivity index (χ2n) is 9.34. The van der Waals surface area contributed by atoms with Crippen molar-refractivity contribution >= 4 is 17.9 Å². The zero-order valence-electron chi connectivity index (χ0n) is 20.9. The minimum absolute atomic E-state index is 0.00484. The summed E-state index contributed by atoms with van der Waals surface area (Å²) < 4.78 is 5.99. The van der Waals surface area contributed by atoms with Crippen molar-refractivity contribution in [2.45, 2.75) is 26.2 Å². The number of ether oxygens (including phenoxy) is 1. The summed E-state index contributed by atoms with van der Waals surface area (Å²) in [4.78, 5) is 30.1. The van der Waals surface area contributed by atoms with Crippen LogP contribution >= 0.6 is 0 Å². The van der Waals surface area contributed by atoms with Gasteiger partial charge in [0.25, 0.3) is 11.2 Å². The van der Waals surface area contributed by atoms with E-state index in [9.17, 15) is 20.2 Å². The number of nitrogens with one attached hydrogen (secondary N) is 2. The number of nitriles is 1. The van der Waals surface area contributed by atoms with E-state index in [1.807, 2.05) is 36.4 Å². The fourth-order valence-electron chi connectivity index (χ4n) is 3.59. The fourth-order valence-corrected chi connectivity index (χ4v) is 3.59. The Bertz CT molecular complexity index is 1600. The maximum Gasteiger partial charge on any atom is 0.270 e. The molecular formula is C28H24N6O4. The number of H-pyrrole nitrogens is 1. The fraction of sp³-hybridized carbons (Fsp3) is 0.143. The topological polar surface area (TPSA) is 146 Å². The van der Waals surface area contributed by atoms with E-state index in [0.717, 1.165) is 5.56 Å². The van der Waals surface area contributed by atoms with Crippen LogP contribution in [-0.2, 0) is 5.41 Å². The first-order valence-electron chi connectivity index (χ1n) is 11.6. The van der Waals surface area contributed by atoms with Gasteiger partial charge in [0, 0.05) is 23.3 Å². The molecule has 0 aliphatic rings. The highest BCUT2D eigenvalue weighted by molar-refractivity contribution is 5.85. The molecule has 4 aromatic rings. The van der Waals surface area contributed by atoms with Crippen LogP contribution in [0.5, 0.6) is 11.5 Å². The Morgan fingerprint density at radius 1 is 1.11 bits per heavy atom. The predicted octanol–water partition coefficient (Wildman–Crippen LogP) is 5.75. The zero-order valence-corrected chi connectivity index (χ0v) is 20.9. The van der Waals surface area contributed by atoms with Gasteiger partial charge in [0.1, 0.15) is 23.1 Å². The van der Waals surface area contributed by atoms with Crippen molar-refractivity contribution in [2.24, 2.45) is 5.10 Å². The average Bonchev–Trinajstić information content (AvgIpc) is 2.89. The van der Waals surface area contributed by atoms with Gasteiger partial charge in [-0.15, -0.1) is 0 Å². The van der Waals surface area contributed by atoms with Crippen molar-refractivity contribution in [3.8, 4) is 28.8 Å². The second-order valence-corrected chi connectivity index (χ2v) is 9.34. The number of hydrazone groups is 1. The minimum atomic E-state index is -0.628. The molecule has 10 heteroatoms. The maximum atomic E-state index is 12.5. The van der Waals surface area contributed by atoms with Crippen LogP contribution in [0, 0.1) is 21.4 Å². The Morgan fingerprint density at radius 2 is 1.82 bits per heavy atom. The van der Waals surface area contributed by atoms with Crippen LogP contribution in [0.3, 0.4) is 0 Å². The van der Waals surface area contributed by atoms with Crippen LogP contribution in [0.4, 0.5) is 11.6 Å². The Labute approximate surface area is 218 Å². The lowest BCUT2D eigenvalue weighted by atomic mass is 9.87. The quantitative estimate of drug-likeness (QED) is 0.183. The van der Waals surface area contributed by atoms with Crippen molar-refractivity contribution in [1.82, 2.24) is 9.97 Å². The van der Waals surface area contributed by atoms with Gasteiger partial charge in [0.2, 0.25) is 5.95 Å². The lowest BCUT2D eigenvalue weighted by Crippen LogP contribution is -2.16. The smallest absolute Gasteiger partial charge is 0.270 e. The highest BCUT2D eigenvalue weighted by Crippen LogP contribution is 2.30. The molecule has 0 bridgehead atoms. The molecule has 3 aromatic carbocycles. The molecule has 0 spiro atoms. The van der Waals surface area contributed by atoms with Crippen LogP contribution in [0.2, 0.25) is 0 Å². The number of aromatic nitrogens is 2. The molecule has 4 rings (SSSR count). The standard InChI is InChI=1S/C28H24N6O4/c1-28(2,3)20-9-12-22(13-10-20)38-24-14-11-21(34(36)37)15-19(24)17-30-33-27-31-25(18-7-5-4-6-8-18)23(16-29)26(35)32-27/h4-15,17H,1-3H3,(H2,31,32,33,35). The first-order chi connectivity index (χ1) is 18.2. The van der Waals surface area contributed by atoms with Gasteiger partial charge in [0.05, 0.1) is 16.8 Å². The molecule has 10 nitrogen and oxygen atoms in total. The molecule has 38 heavy (non-hydrogen) atoms. The third-order valence-corrected chi connectivity index (χ3v) is 5.60. The van der Waals surface area contributed by atoms with Gasteiger partial charge < -0.3 is 4.74 Å². The summed E-state index contributed by atoms with van der Waals surface area (Å²) in [5.41, 5.74) is 3.97. The molecule has 2 N–H and O–H groups in total. The van der Waals surface area contributed by atoms with Crippen molar-refractivity contribution in [3.63, 3.8) is 0 Å². The van der Waals surface area contributed by atoms with Crippen molar-refractivity contribution < 1.29 is 9.66 Å². The summed E-state index contributed by atoms with van der Waals surface area (Å²) in [6, 6.07) is 22.4. The molecular weight excluding hydrogens is 484 g/mol. The number of benzene rings is 3. The molecule has 190 valence electrons. The minimum Gasteiger partial charge on any atom is -0.457 e. The van der Waals surface area contributed by atoms with Crippen molar-refractivity contribution in [3.05, 3.63) is 110 Å². The van der Waals surface area contributed by atoms with E-state index >= 15 is 0 Å². The lowest BCUT2D eigenvalue weighted by Gasteiger charge is -2.19. The predicted molar refractivity (Wildman–Crippen MR) is 145 cm³/mol. The molecule has 0 unspecified atom stereocenters. The largest absolute Gasteiger partial charge is 0.457 e. The lowest BCUT2D eigenvalue weighted by molar-refractivity contribution is -0.384. The number of hydrogen-bond acceptors (Lipinski definition) is 8. The number of nitro groups is 1. The summed E-state index contributed by atoms with van der Waals surface area (Å²) in [6.07, 6.45) is 1.33. The number of non-ortho nitro benzene ring substituents is 1. The second kappa shape index (κ2) is 10.8. The number of nitro benzene ring substituents is 1. The molecule has 0 saturated heterocycles. The number of anilines is 1. The van der Waals surface area contributed by atoms with Gasteiger partial charge >= 0.3 is 0 Å². The van der Waals surface area contributed by atoms with Gasteiger partial charge in [-0.2, -0.15) is 10.4 Å². The molecule has 0 saturated carbocycles. The summed E-state index contributed by atoms with van der Waals surface area (Å²) in [7, 11) is 0. The normalized spacial score (nSPS) is 11.2. The van der Waals surface area contributed by atoms with Gasteiger partial charge in [0.15, 0.2) is 0 Å². The Kier molecular flexibility index (Phi) is 7.30. The molecule has 0 fully saturated rings. The third-order valence-electron chi connectivity index (χ3n) is 5.60. The van der Waals surface area contributed by atoms with Crippen molar-refractivity contribution in [1.29, 1.82) is 5.26 Å². The highest BCUT2D eigenvalue weighted by atomic mass is 16.6. The van der Waals surface area contributed by atoms with Gasteiger partial charge in [-0.3, -0.25) is 19.9 Å². The zero-order chi connectivity index (χ0) is 27.3. The number of hydrogen-bond donors (Lipinski definition) is 2. The highest BCUT2D eigenvalue weighted by Gasteiger charge is 2.16. The molecule has 1 aromatic heterocycles. The average molecular weight is 509 g/mol. The van der Waals surface area contributed by atoms with E-state index in [1.54, 1.807) is 24.3 Å². The van der Waals surface area contributed by atoms with Crippen LogP contribution in [0.1, 0.15) is 37.5 Å². The monoisotopic (exact) mass is 508 g/mol. The molecule has 0 amide bonds. The van der Waals surface area contributed by atoms with E-state index in [1.165, 1.54) is 24.4 Å². The van der Waals surface area contributed by atoms with Crippen LogP contribution in [0.15, 0.2) is 82.7 Å². The van der Waals surface area contributed by atoms with E-state index in [0.29, 0.717) is 22.6 Å². The molecule has 0 atom stereocenters. The van der Waals surface area contributed by atoms with Crippen molar-refractivity contribution in [2.75, 3.05) is 5.43 Å². The number of rotatable bonds is 7. The molecule has 0 radical (unpaired) electrons. The van der Waals surface area contributed by atoms with Crippen LogP contribution in [0.25, 0.3) is 11.3 Å². The maximum absolute atomic E-state index is 12.5. The SMILES string of the molecule is CC(C)(C)c1ccc(Oc2ccc([N+](=O)[O-])cc2C=NNc2nc(-c3ccccc3)c(C#N)c(=O)[nH]2)cc1. The van der Waals surface area contributed by atoms with Gasteiger partial charge in [-0.05, 0) is 29.2 Å². The van der Waals surface area contributed by atoms with E-state index < -0.39 is 10.5 Å². The first kappa shape index (κ1) is 25.8. The number of nitrogens with zero attached hydrogens (tertiary/aromatic N) is 4. The van der Waals surface area contributed by atoms with E-state index in [-0.39, 0.29) is 28.3 Å². The summed E-state index contributed by atoms with van der Waals surface area (Å²) >= 11 is 0. The van der Waals surface area contributed by atoms with Crippen LogP contribution < -0.4 is 15.7 Å². The Balaban J connectivity index is 1.63.